The van der Waals surface area contributed by atoms with Crippen molar-refractivity contribution in [1.82, 2.24) is 15.0 Å². The molecule has 0 fully saturated rings. The Balaban J connectivity index is 1.83. The van der Waals surface area contributed by atoms with Crippen molar-refractivity contribution in [2.45, 2.75) is 6.92 Å². The number of benzene rings is 1. The molecule has 0 spiro atoms. The van der Waals surface area contributed by atoms with Gasteiger partial charge in [0.15, 0.2) is 0 Å². The monoisotopic (exact) mass is 416 g/mol. The summed E-state index contributed by atoms with van der Waals surface area (Å²) >= 11 is 12.1. The molecule has 9 heteroatoms. The van der Waals surface area contributed by atoms with E-state index in [1.165, 1.54) is 0 Å². The highest BCUT2D eigenvalue weighted by molar-refractivity contribution is 6.42. The van der Waals surface area contributed by atoms with Crippen LogP contribution < -0.4 is 15.0 Å². The Morgan fingerprint density at radius 1 is 1.14 bits per heavy atom. The molecule has 0 aliphatic carbocycles. The van der Waals surface area contributed by atoms with Gasteiger partial charge in [-0.2, -0.15) is 4.98 Å². The van der Waals surface area contributed by atoms with Crippen LogP contribution in [0.4, 0.5) is 11.6 Å². The van der Waals surface area contributed by atoms with Crippen LogP contribution in [0.5, 0.6) is 11.6 Å². The third-order valence-corrected chi connectivity index (χ3v) is 4.42. The molecule has 28 heavy (non-hydrogen) atoms. The number of nitrogens with one attached hydrogen (secondary N) is 1. The first-order valence-corrected chi connectivity index (χ1v) is 9.08. The van der Waals surface area contributed by atoms with Gasteiger partial charge in [-0.05, 0) is 37.3 Å². The molecule has 1 N–H and O–H groups in total. The fourth-order valence-corrected chi connectivity index (χ4v) is 2.64. The van der Waals surface area contributed by atoms with E-state index in [0.717, 1.165) is 11.4 Å². The molecule has 0 aliphatic rings. The molecule has 144 valence electrons. The van der Waals surface area contributed by atoms with E-state index in [-0.39, 0.29) is 0 Å². The maximum absolute atomic E-state index is 6.08. The van der Waals surface area contributed by atoms with Crippen molar-refractivity contribution in [1.29, 1.82) is 0 Å². The van der Waals surface area contributed by atoms with Crippen LogP contribution in [0.2, 0.25) is 10.0 Å². The van der Waals surface area contributed by atoms with E-state index in [1.807, 2.05) is 6.92 Å². The molecule has 3 aromatic rings. The van der Waals surface area contributed by atoms with E-state index in [4.69, 9.17) is 27.9 Å². The van der Waals surface area contributed by atoms with Crippen LogP contribution in [0.1, 0.15) is 5.69 Å². The Morgan fingerprint density at radius 2 is 1.96 bits per heavy atom. The Hall–Kier alpha value is -2.90. The number of aryl methyl sites for hydroxylation is 1. The second kappa shape index (κ2) is 8.86. The van der Waals surface area contributed by atoms with Crippen LogP contribution >= 0.6 is 23.2 Å². The molecular formula is C19H18Cl2N6O. The maximum atomic E-state index is 6.08. The molecule has 0 amide bonds. The van der Waals surface area contributed by atoms with E-state index in [9.17, 15) is 0 Å². The lowest BCUT2D eigenvalue weighted by Gasteiger charge is -2.21. The van der Waals surface area contributed by atoms with Crippen LogP contribution in [-0.2, 0) is 0 Å². The third-order valence-electron chi connectivity index (χ3n) is 3.68. The fourth-order valence-electron chi connectivity index (χ4n) is 2.34. The average molecular weight is 417 g/mol. The van der Waals surface area contributed by atoms with Crippen LogP contribution in [0.25, 0.3) is 0 Å². The van der Waals surface area contributed by atoms with E-state index in [2.05, 4.69) is 25.3 Å². The largest absolute Gasteiger partial charge is 0.437 e. The summed E-state index contributed by atoms with van der Waals surface area (Å²) in [5.74, 6) is 1.95. The van der Waals surface area contributed by atoms with Gasteiger partial charge in [-0.25, -0.2) is 4.98 Å². The highest BCUT2D eigenvalue weighted by Gasteiger charge is 2.15. The van der Waals surface area contributed by atoms with Gasteiger partial charge in [0.25, 0.3) is 0 Å². The number of halogens is 2. The number of rotatable bonds is 4. The van der Waals surface area contributed by atoms with E-state index < -0.39 is 0 Å². The van der Waals surface area contributed by atoms with Gasteiger partial charge < -0.3 is 10.1 Å². The zero-order valence-electron chi connectivity index (χ0n) is 15.5. The molecule has 0 saturated heterocycles. The standard InChI is InChI=1S/C19H18Cl2N6O/c1-12-9-17(28-14-5-4-8-23-11-14)26-19(24-12)27(3)18(22-2)25-13-6-7-15(20)16(21)10-13/h4-11H,1-3H3,(H,22,25). The second-order valence-corrected chi connectivity index (χ2v) is 6.61. The number of ether oxygens (including phenoxy) is 1. The number of aromatic nitrogens is 3. The lowest BCUT2D eigenvalue weighted by atomic mass is 10.3. The minimum absolute atomic E-state index is 0.410. The maximum Gasteiger partial charge on any atom is 0.235 e. The van der Waals surface area contributed by atoms with E-state index >= 15 is 0 Å². The van der Waals surface area contributed by atoms with Gasteiger partial charge in [0.1, 0.15) is 5.75 Å². The van der Waals surface area contributed by atoms with Crippen LogP contribution in [0.3, 0.4) is 0 Å². The molecule has 0 unspecified atom stereocenters. The summed E-state index contributed by atoms with van der Waals surface area (Å²) in [6.45, 7) is 1.87. The average Bonchev–Trinajstić information content (AvgIpc) is 2.68. The molecule has 0 bridgehead atoms. The Kier molecular flexibility index (Phi) is 6.28. The van der Waals surface area contributed by atoms with Crippen LogP contribution in [-0.4, -0.2) is 35.0 Å². The van der Waals surface area contributed by atoms with Gasteiger partial charge in [0.2, 0.25) is 17.8 Å². The molecule has 0 saturated carbocycles. The molecule has 2 heterocycles. The van der Waals surface area contributed by atoms with Gasteiger partial charge in [-0.1, -0.05) is 23.2 Å². The van der Waals surface area contributed by atoms with Crippen LogP contribution in [0.15, 0.2) is 53.8 Å². The summed E-state index contributed by atoms with van der Waals surface area (Å²) < 4.78 is 5.78. The second-order valence-electron chi connectivity index (χ2n) is 5.80. The normalized spacial score (nSPS) is 11.2. The Labute approximate surface area is 173 Å². The highest BCUT2D eigenvalue weighted by Crippen LogP contribution is 2.26. The Morgan fingerprint density at radius 3 is 2.64 bits per heavy atom. The first-order chi connectivity index (χ1) is 13.5. The zero-order chi connectivity index (χ0) is 20.1. The van der Waals surface area contributed by atoms with Gasteiger partial charge in [0, 0.05) is 37.7 Å². The first-order valence-electron chi connectivity index (χ1n) is 8.32. The molecule has 3 rings (SSSR count). The number of pyridine rings is 1. The summed E-state index contributed by atoms with van der Waals surface area (Å²) in [7, 11) is 3.47. The number of nitrogens with zero attached hydrogens (tertiary/aromatic N) is 5. The quantitative estimate of drug-likeness (QED) is 0.485. The minimum atomic E-state index is 0.410. The third kappa shape index (κ3) is 4.88. The molecule has 2 aromatic heterocycles. The number of aliphatic imine (C=N–C) groups is 1. The highest BCUT2D eigenvalue weighted by atomic mass is 35.5. The van der Waals surface area contributed by atoms with Crippen LogP contribution in [0, 0.1) is 6.92 Å². The van der Waals surface area contributed by atoms with E-state index in [0.29, 0.717) is 33.6 Å². The van der Waals surface area contributed by atoms with Gasteiger partial charge in [-0.3, -0.25) is 14.9 Å². The molecule has 0 radical (unpaired) electrons. The number of anilines is 2. The number of hydrogen-bond donors (Lipinski definition) is 1. The van der Waals surface area contributed by atoms with Crippen molar-refractivity contribution >= 4 is 40.8 Å². The van der Waals surface area contributed by atoms with Crippen molar-refractivity contribution in [3.8, 4) is 11.6 Å². The first kappa shape index (κ1) is 19.9. The van der Waals surface area contributed by atoms with Crippen molar-refractivity contribution in [3.63, 3.8) is 0 Å². The molecule has 0 atom stereocenters. The van der Waals surface area contributed by atoms with Crippen molar-refractivity contribution in [2.75, 3.05) is 24.3 Å². The van der Waals surface area contributed by atoms with Crippen molar-refractivity contribution in [2.24, 2.45) is 4.99 Å². The van der Waals surface area contributed by atoms with Crippen molar-refractivity contribution < 1.29 is 4.74 Å². The van der Waals surface area contributed by atoms with Crippen molar-refractivity contribution in [3.05, 3.63) is 64.5 Å². The smallest absolute Gasteiger partial charge is 0.235 e. The topological polar surface area (TPSA) is 75.5 Å². The van der Waals surface area contributed by atoms with Gasteiger partial charge in [-0.15, -0.1) is 0 Å². The molecule has 0 aliphatic heterocycles. The summed E-state index contributed by atoms with van der Waals surface area (Å²) in [5.41, 5.74) is 1.49. The number of hydrogen-bond acceptors (Lipinski definition) is 5. The van der Waals surface area contributed by atoms with E-state index in [1.54, 1.807) is 67.8 Å². The van der Waals surface area contributed by atoms with Gasteiger partial charge >= 0.3 is 0 Å². The summed E-state index contributed by atoms with van der Waals surface area (Å²) in [5, 5.41) is 4.11. The summed E-state index contributed by atoms with van der Waals surface area (Å²) in [4.78, 5) is 19.0. The zero-order valence-corrected chi connectivity index (χ0v) is 17.0. The SMILES string of the molecule is C/N=C(/Nc1ccc(Cl)c(Cl)c1)N(C)c1nc(C)cc(Oc2cccnc2)n1. The Bertz CT molecular complexity index is 997. The minimum Gasteiger partial charge on any atom is -0.437 e. The summed E-state index contributed by atoms with van der Waals surface area (Å²) in [6, 6.07) is 10.6. The lowest BCUT2D eigenvalue weighted by molar-refractivity contribution is 0.459. The predicted molar refractivity (Wildman–Crippen MR) is 113 cm³/mol. The molecule has 1 aromatic carbocycles. The lowest BCUT2D eigenvalue weighted by Crippen LogP contribution is -2.34. The van der Waals surface area contributed by atoms with Gasteiger partial charge in [0.05, 0.1) is 16.2 Å². The molecular weight excluding hydrogens is 399 g/mol. The predicted octanol–water partition coefficient (Wildman–Crippen LogP) is 4.81. The fraction of sp³-hybridized carbons (Fsp3) is 0.158. The molecule has 7 nitrogen and oxygen atoms in total. The number of guanidine groups is 1. The summed E-state index contributed by atoms with van der Waals surface area (Å²) in [6.07, 6.45) is 3.29.